The highest BCUT2D eigenvalue weighted by molar-refractivity contribution is 5.71. The molecule has 0 saturated carbocycles. The van der Waals surface area contributed by atoms with E-state index >= 15 is 0 Å². The lowest BCUT2D eigenvalue weighted by molar-refractivity contribution is -0.167. The van der Waals surface area contributed by atoms with E-state index in [-0.39, 0.29) is 37.5 Å². The minimum Gasteiger partial charge on any atom is -0.462 e. The van der Waals surface area contributed by atoms with Gasteiger partial charge < -0.3 is 14.2 Å². The first kappa shape index (κ1) is 54.1. The van der Waals surface area contributed by atoms with Crippen LogP contribution in [0.25, 0.3) is 0 Å². The first-order chi connectivity index (χ1) is 28.0. The summed E-state index contributed by atoms with van der Waals surface area (Å²) in [7, 11) is 0. The molecule has 0 aliphatic carbocycles. The fraction of sp³-hybridized carbons (Fsp3) is 0.745. The van der Waals surface area contributed by atoms with Crippen LogP contribution in [0.15, 0.2) is 60.8 Å². The van der Waals surface area contributed by atoms with E-state index in [9.17, 15) is 14.4 Å². The molecule has 0 radical (unpaired) electrons. The van der Waals surface area contributed by atoms with Crippen molar-refractivity contribution in [2.45, 2.75) is 232 Å². The summed E-state index contributed by atoms with van der Waals surface area (Å²) in [6.07, 6.45) is 54.9. The Hall–Kier alpha value is -2.89. The highest BCUT2D eigenvalue weighted by Gasteiger charge is 2.19. The Kier molecular flexibility index (Phi) is 43.5. The van der Waals surface area contributed by atoms with Crippen LogP contribution >= 0.6 is 0 Å². The Morgan fingerprint density at radius 3 is 1.11 bits per heavy atom. The lowest BCUT2D eigenvalue weighted by Gasteiger charge is -2.18. The highest BCUT2D eigenvalue weighted by Crippen LogP contribution is 2.13. The summed E-state index contributed by atoms with van der Waals surface area (Å²) in [6, 6.07) is 0. The molecule has 0 aliphatic heterocycles. The van der Waals surface area contributed by atoms with Crippen molar-refractivity contribution in [1.29, 1.82) is 0 Å². The molecular formula is C51H88O6. The van der Waals surface area contributed by atoms with E-state index in [2.05, 4.69) is 81.5 Å². The molecule has 328 valence electrons. The summed E-state index contributed by atoms with van der Waals surface area (Å²) >= 11 is 0. The molecule has 0 aliphatic rings. The SMILES string of the molecule is CCCCC/C=C\C/C=C\C/C=C\C/C=C\CCCC(=O)OCC(COC(=O)CCCCCCCCCCCC)OC(=O)CCCCCCC/C=C\CCCCC. The smallest absolute Gasteiger partial charge is 0.306 e. The molecule has 1 atom stereocenters. The third-order valence-electron chi connectivity index (χ3n) is 9.99. The number of esters is 3. The van der Waals surface area contributed by atoms with Crippen LogP contribution in [-0.2, 0) is 28.6 Å². The van der Waals surface area contributed by atoms with Crippen molar-refractivity contribution in [2.24, 2.45) is 0 Å². The van der Waals surface area contributed by atoms with E-state index in [1.165, 1.54) is 103 Å². The predicted octanol–water partition coefficient (Wildman–Crippen LogP) is 15.3. The summed E-state index contributed by atoms with van der Waals surface area (Å²) in [5.74, 6) is -0.964. The van der Waals surface area contributed by atoms with Gasteiger partial charge in [0, 0.05) is 19.3 Å². The van der Waals surface area contributed by atoms with Crippen LogP contribution in [0.5, 0.6) is 0 Å². The lowest BCUT2D eigenvalue weighted by atomic mass is 10.1. The number of carbonyl (C=O) groups excluding carboxylic acids is 3. The van der Waals surface area contributed by atoms with Gasteiger partial charge in [-0.3, -0.25) is 14.4 Å². The molecule has 0 heterocycles. The molecule has 6 nitrogen and oxygen atoms in total. The molecule has 0 amide bonds. The number of rotatable bonds is 42. The van der Waals surface area contributed by atoms with Crippen molar-refractivity contribution in [1.82, 2.24) is 0 Å². The molecule has 0 N–H and O–H groups in total. The number of ether oxygens (including phenoxy) is 3. The van der Waals surface area contributed by atoms with E-state index < -0.39 is 6.10 Å². The predicted molar refractivity (Wildman–Crippen MR) is 242 cm³/mol. The Labute approximate surface area is 351 Å². The molecule has 0 aromatic carbocycles. The Balaban J connectivity index is 4.46. The van der Waals surface area contributed by atoms with Crippen LogP contribution in [-0.4, -0.2) is 37.2 Å². The quantitative estimate of drug-likeness (QED) is 0.0265. The van der Waals surface area contributed by atoms with E-state index in [4.69, 9.17) is 14.2 Å². The summed E-state index contributed by atoms with van der Waals surface area (Å²) in [6.45, 7) is 6.51. The zero-order valence-electron chi connectivity index (χ0n) is 37.3. The van der Waals surface area contributed by atoms with Crippen molar-refractivity contribution in [2.75, 3.05) is 13.2 Å². The Bertz CT molecular complexity index is 1050. The molecule has 0 aromatic rings. The number of hydrogen-bond donors (Lipinski definition) is 0. The second-order valence-electron chi connectivity index (χ2n) is 15.7. The van der Waals surface area contributed by atoms with Gasteiger partial charge >= 0.3 is 17.9 Å². The minimum absolute atomic E-state index is 0.0935. The summed E-state index contributed by atoms with van der Waals surface area (Å²) in [5, 5.41) is 0. The average molecular weight is 797 g/mol. The van der Waals surface area contributed by atoms with Crippen molar-refractivity contribution in [3.8, 4) is 0 Å². The van der Waals surface area contributed by atoms with Crippen molar-refractivity contribution < 1.29 is 28.6 Å². The van der Waals surface area contributed by atoms with Crippen molar-refractivity contribution in [3.63, 3.8) is 0 Å². The summed E-state index contributed by atoms with van der Waals surface area (Å²) in [4.78, 5) is 37.7. The molecule has 0 rings (SSSR count). The van der Waals surface area contributed by atoms with Gasteiger partial charge in [0.25, 0.3) is 0 Å². The van der Waals surface area contributed by atoms with Crippen LogP contribution in [0.2, 0.25) is 0 Å². The number of allylic oxidation sites excluding steroid dienone is 10. The van der Waals surface area contributed by atoms with E-state index in [0.29, 0.717) is 19.3 Å². The number of carbonyl (C=O) groups is 3. The molecule has 6 heteroatoms. The van der Waals surface area contributed by atoms with Crippen LogP contribution in [0.3, 0.4) is 0 Å². The monoisotopic (exact) mass is 797 g/mol. The van der Waals surface area contributed by atoms with Crippen molar-refractivity contribution >= 4 is 17.9 Å². The molecular weight excluding hydrogens is 709 g/mol. The second-order valence-corrected chi connectivity index (χ2v) is 15.7. The zero-order chi connectivity index (χ0) is 41.5. The van der Waals surface area contributed by atoms with Crippen LogP contribution < -0.4 is 0 Å². The van der Waals surface area contributed by atoms with Gasteiger partial charge in [0.2, 0.25) is 0 Å². The summed E-state index contributed by atoms with van der Waals surface area (Å²) < 4.78 is 16.7. The van der Waals surface area contributed by atoms with Gasteiger partial charge in [-0.25, -0.2) is 0 Å². The van der Waals surface area contributed by atoms with Gasteiger partial charge in [-0.2, -0.15) is 0 Å². The highest BCUT2D eigenvalue weighted by atomic mass is 16.6. The molecule has 0 spiro atoms. The van der Waals surface area contributed by atoms with Gasteiger partial charge in [-0.05, 0) is 83.5 Å². The topological polar surface area (TPSA) is 78.9 Å². The third-order valence-corrected chi connectivity index (χ3v) is 9.99. The Morgan fingerprint density at radius 2 is 0.649 bits per heavy atom. The van der Waals surface area contributed by atoms with Crippen LogP contribution in [0.1, 0.15) is 226 Å². The number of unbranched alkanes of at least 4 members (excludes halogenated alkanes) is 21. The van der Waals surface area contributed by atoms with E-state index in [0.717, 1.165) is 77.0 Å². The van der Waals surface area contributed by atoms with Crippen molar-refractivity contribution in [3.05, 3.63) is 60.8 Å². The maximum atomic E-state index is 12.7. The van der Waals surface area contributed by atoms with E-state index in [1.807, 2.05) is 0 Å². The first-order valence-corrected chi connectivity index (χ1v) is 23.8. The Morgan fingerprint density at radius 1 is 0.351 bits per heavy atom. The molecule has 0 saturated heterocycles. The lowest BCUT2D eigenvalue weighted by Crippen LogP contribution is -2.30. The van der Waals surface area contributed by atoms with Gasteiger partial charge in [-0.1, -0.05) is 184 Å². The van der Waals surface area contributed by atoms with E-state index in [1.54, 1.807) is 0 Å². The molecule has 57 heavy (non-hydrogen) atoms. The molecule has 0 aromatic heterocycles. The zero-order valence-corrected chi connectivity index (χ0v) is 37.3. The number of hydrogen-bond acceptors (Lipinski definition) is 6. The van der Waals surface area contributed by atoms with Crippen LogP contribution in [0.4, 0.5) is 0 Å². The average Bonchev–Trinajstić information content (AvgIpc) is 3.21. The summed E-state index contributed by atoms with van der Waals surface area (Å²) in [5.41, 5.74) is 0. The fourth-order valence-corrected chi connectivity index (χ4v) is 6.37. The maximum Gasteiger partial charge on any atom is 0.306 e. The second kappa shape index (κ2) is 45.8. The normalized spacial score (nSPS) is 12.5. The largest absolute Gasteiger partial charge is 0.462 e. The minimum atomic E-state index is -0.796. The standard InChI is InChI=1S/C51H88O6/c1-4-7-10-13-16-19-22-24-25-26-27-28-30-32-35-38-41-44-50(53)56-47-48(46-55-49(52)43-40-37-34-31-21-18-15-12-9-6-3)57-51(54)45-42-39-36-33-29-23-20-17-14-11-8-5-2/h16-17,19-20,24-25,27-28,32,35,48H,4-15,18,21-23,26,29-31,33-34,36-47H2,1-3H3/b19-16-,20-17-,25-24-,28-27-,35-32-. The van der Waals surface area contributed by atoms with Gasteiger partial charge in [0.1, 0.15) is 13.2 Å². The molecule has 0 bridgehead atoms. The third kappa shape index (κ3) is 44.1. The van der Waals surface area contributed by atoms with Gasteiger partial charge in [-0.15, -0.1) is 0 Å². The van der Waals surface area contributed by atoms with Gasteiger partial charge in [0.05, 0.1) is 0 Å². The van der Waals surface area contributed by atoms with Gasteiger partial charge in [0.15, 0.2) is 6.10 Å². The molecule has 1 unspecified atom stereocenters. The maximum absolute atomic E-state index is 12.7. The molecule has 0 fully saturated rings. The fourth-order valence-electron chi connectivity index (χ4n) is 6.37. The first-order valence-electron chi connectivity index (χ1n) is 23.8. The van der Waals surface area contributed by atoms with Crippen LogP contribution in [0, 0.1) is 0 Å².